The number of hydrogen-bond donors (Lipinski definition) is 1. The average Bonchev–Trinajstić information content (AvgIpc) is 2.83. The van der Waals surface area contributed by atoms with Gasteiger partial charge in [-0.05, 0) is 43.3 Å². The Kier molecular flexibility index (Phi) is 4.85. The van der Waals surface area contributed by atoms with Gasteiger partial charge in [-0.3, -0.25) is 0 Å². The number of hydrazone groups is 1. The Morgan fingerprint density at radius 2 is 1.90 bits per heavy atom. The number of nitrogens with one attached hydrogen (secondary N) is 1. The van der Waals surface area contributed by atoms with Crippen molar-refractivity contribution in [3.05, 3.63) is 50.1 Å². The monoisotopic (exact) mass is 392 g/mol. The molecular weight excluding hydrogens is 384 g/mol. The van der Waals surface area contributed by atoms with Gasteiger partial charge in [-0.2, -0.15) is 18.4 Å². The number of benzene rings is 1. The van der Waals surface area contributed by atoms with E-state index in [0.717, 1.165) is 9.35 Å². The first-order chi connectivity index (χ1) is 9.38. The first-order valence-corrected chi connectivity index (χ1v) is 8.93. The van der Waals surface area contributed by atoms with Gasteiger partial charge in [-0.1, -0.05) is 27.5 Å². The van der Waals surface area contributed by atoms with Gasteiger partial charge in [-0.15, -0.1) is 11.3 Å². The summed E-state index contributed by atoms with van der Waals surface area (Å²) in [5.74, 6) is 0. The van der Waals surface area contributed by atoms with E-state index in [1.165, 1.54) is 23.5 Å². The molecule has 0 radical (unpaired) electrons. The molecule has 0 amide bonds. The van der Waals surface area contributed by atoms with Crippen LogP contribution >= 0.6 is 38.9 Å². The normalized spacial score (nSPS) is 12.4. The van der Waals surface area contributed by atoms with Crippen LogP contribution in [-0.4, -0.2) is 14.1 Å². The van der Waals surface area contributed by atoms with Crippen LogP contribution in [0.15, 0.2) is 50.9 Å². The quantitative estimate of drug-likeness (QED) is 0.633. The van der Waals surface area contributed by atoms with Crippen LogP contribution < -0.4 is 4.83 Å². The van der Waals surface area contributed by atoms with Crippen molar-refractivity contribution in [3.8, 4) is 0 Å². The van der Waals surface area contributed by atoms with Gasteiger partial charge in [0.1, 0.15) is 0 Å². The Bertz CT molecular complexity index is 739. The molecule has 0 spiro atoms. The van der Waals surface area contributed by atoms with Crippen LogP contribution in [0.1, 0.15) is 11.8 Å². The molecule has 0 bridgehead atoms. The molecule has 106 valence electrons. The molecule has 0 aliphatic rings. The molecule has 0 atom stereocenters. The molecule has 0 saturated carbocycles. The molecule has 0 aliphatic heterocycles. The molecule has 1 N–H and O–H groups in total. The van der Waals surface area contributed by atoms with E-state index in [-0.39, 0.29) is 4.90 Å². The lowest BCUT2D eigenvalue weighted by Gasteiger charge is -2.04. The van der Waals surface area contributed by atoms with E-state index in [2.05, 4.69) is 25.9 Å². The largest absolute Gasteiger partial charge is 0.276 e. The lowest BCUT2D eigenvalue weighted by Crippen LogP contribution is -2.19. The fourth-order valence-electron chi connectivity index (χ4n) is 1.36. The van der Waals surface area contributed by atoms with Crippen LogP contribution in [0.2, 0.25) is 4.34 Å². The second-order valence-electron chi connectivity index (χ2n) is 3.85. The van der Waals surface area contributed by atoms with E-state index in [1.807, 2.05) is 0 Å². The van der Waals surface area contributed by atoms with Crippen LogP contribution in [-0.2, 0) is 10.0 Å². The Labute approximate surface area is 134 Å². The minimum absolute atomic E-state index is 0.154. The van der Waals surface area contributed by atoms with Gasteiger partial charge in [-0.25, -0.2) is 0 Å². The van der Waals surface area contributed by atoms with Gasteiger partial charge < -0.3 is 0 Å². The van der Waals surface area contributed by atoms with Crippen LogP contribution in [0.4, 0.5) is 0 Å². The Balaban J connectivity index is 2.18. The topological polar surface area (TPSA) is 58.5 Å². The minimum Gasteiger partial charge on any atom is -0.200 e. The summed E-state index contributed by atoms with van der Waals surface area (Å²) >= 11 is 10.4. The molecule has 0 saturated heterocycles. The fourth-order valence-corrected chi connectivity index (χ4v) is 3.47. The summed E-state index contributed by atoms with van der Waals surface area (Å²) in [6.45, 7) is 1.71. The fraction of sp³-hybridized carbons (Fsp3) is 0.0833. The maximum Gasteiger partial charge on any atom is 0.276 e. The predicted molar refractivity (Wildman–Crippen MR) is 86.0 cm³/mol. The van der Waals surface area contributed by atoms with Crippen molar-refractivity contribution in [2.24, 2.45) is 5.10 Å². The molecule has 1 aromatic heterocycles. The van der Waals surface area contributed by atoms with Crippen molar-refractivity contribution in [1.29, 1.82) is 0 Å². The summed E-state index contributed by atoms with van der Waals surface area (Å²) < 4.78 is 25.5. The van der Waals surface area contributed by atoms with E-state index < -0.39 is 10.0 Å². The second kappa shape index (κ2) is 6.26. The van der Waals surface area contributed by atoms with Gasteiger partial charge in [0.25, 0.3) is 10.0 Å². The van der Waals surface area contributed by atoms with Crippen LogP contribution in [0.5, 0.6) is 0 Å². The van der Waals surface area contributed by atoms with Gasteiger partial charge in [0, 0.05) is 4.47 Å². The van der Waals surface area contributed by atoms with Crippen LogP contribution in [0.3, 0.4) is 0 Å². The molecular formula is C12H10BrClN2O2S2. The number of sulfonamides is 1. The van der Waals surface area contributed by atoms with Gasteiger partial charge in [0.15, 0.2) is 0 Å². The summed E-state index contributed by atoms with van der Waals surface area (Å²) in [6.07, 6.45) is 0. The van der Waals surface area contributed by atoms with Crippen molar-refractivity contribution in [3.63, 3.8) is 0 Å². The molecule has 0 aliphatic carbocycles. The lowest BCUT2D eigenvalue weighted by molar-refractivity contribution is 0.584. The predicted octanol–water partition coefficient (Wildman–Crippen LogP) is 3.87. The van der Waals surface area contributed by atoms with E-state index >= 15 is 0 Å². The molecule has 2 aromatic rings. The van der Waals surface area contributed by atoms with E-state index in [4.69, 9.17) is 11.6 Å². The summed E-state index contributed by atoms with van der Waals surface area (Å²) in [6, 6.07) is 9.84. The number of rotatable bonds is 4. The number of nitrogens with zero attached hydrogens (tertiary/aromatic N) is 1. The highest BCUT2D eigenvalue weighted by Crippen LogP contribution is 2.22. The first kappa shape index (κ1) is 15.5. The summed E-state index contributed by atoms with van der Waals surface area (Å²) in [5.41, 5.74) is 0.558. The van der Waals surface area contributed by atoms with Crippen molar-refractivity contribution in [2.45, 2.75) is 11.8 Å². The Morgan fingerprint density at radius 3 is 2.45 bits per heavy atom. The zero-order valence-electron chi connectivity index (χ0n) is 10.3. The molecule has 0 unspecified atom stereocenters. The number of thiophene rings is 1. The van der Waals surface area contributed by atoms with Crippen LogP contribution in [0.25, 0.3) is 0 Å². The van der Waals surface area contributed by atoms with E-state index in [9.17, 15) is 8.42 Å². The summed E-state index contributed by atoms with van der Waals surface area (Å²) in [5, 5.41) is 3.90. The zero-order valence-corrected chi connectivity index (χ0v) is 14.3. The molecule has 1 heterocycles. The number of hydrogen-bond acceptors (Lipinski definition) is 4. The average molecular weight is 394 g/mol. The molecule has 8 heteroatoms. The Morgan fingerprint density at radius 1 is 1.25 bits per heavy atom. The highest BCUT2D eigenvalue weighted by atomic mass is 79.9. The van der Waals surface area contributed by atoms with Gasteiger partial charge in [0.2, 0.25) is 0 Å². The maximum atomic E-state index is 12.0. The molecule has 0 fully saturated rings. The second-order valence-corrected chi connectivity index (χ2v) is 8.14. The lowest BCUT2D eigenvalue weighted by atomic mass is 10.3. The molecule has 4 nitrogen and oxygen atoms in total. The Hall–Kier alpha value is -0.890. The minimum atomic E-state index is -3.66. The molecule has 20 heavy (non-hydrogen) atoms. The molecule has 1 aromatic carbocycles. The third-order valence-corrected chi connectivity index (χ3v) is 5.48. The maximum absolute atomic E-state index is 12.0. The standard InChI is InChI=1S/C12H10BrClN2O2S2/c1-8(11-6-7-12(14)19-11)15-16-20(17,18)10-4-2-9(13)3-5-10/h2-7,16H,1H3/b15-8-. The smallest absolute Gasteiger partial charge is 0.200 e. The zero-order chi connectivity index (χ0) is 14.8. The summed E-state index contributed by atoms with van der Waals surface area (Å²) in [4.78, 5) is 3.18. The van der Waals surface area contributed by atoms with Gasteiger partial charge >= 0.3 is 0 Å². The highest BCUT2D eigenvalue weighted by molar-refractivity contribution is 9.10. The van der Waals surface area contributed by atoms with Crippen molar-refractivity contribution in [1.82, 2.24) is 4.83 Å². The van der Waals surface area contributed by atoms with Crippen LogP contribution in [0, 0.1) is 0 Å². The number of halogens is 2. The third kappa shape index (κ3) is 3.82. The molecule has 2 rings (SSSR count). The van der Waals surface area contributed by atoms with Gasteiger partial charge in [0.05, 0.1) is 19.8 Å². The van der Waals surface area contributed by atoms with Crippen molar-refractivity contribution in [2.75, 3.05) is 0 Å². The third-order valence-electron chi connectivity index (χ3n) is 2.39. The first-order valence-electron chi connectivity index (χ1n) is 5.46. The van der Waals surface area contributed by atoms with E-state index in [0.29, 0.717) is 10.0 Å². The van der Waals surface area contributed by atoms with Crippen molar-refractivity contribution >= 4 is 54.6 Å². The van der Waals surface area contributed by atoms with E-state index in [1.54, 1.807) is 31.2 Å². The summed E-state index contributed by atoms with van der Waals surface area (Å²) in [7, 11) is -3.66. The highest BCUT2D eigenvalue weighted by Gasteiger charge is 2.13. The SMILES string of the molecule is C/C(=N/NS(=O)(=O)c1ccc(Br)cc1)c1ccc(Cl)s1. The van der Waals surface area contributed by atoms with Crippen molar-refractivity contribution < 1.29 is 8.42 Å².